The van der Waals surface area contributed by atoms with E-state index >= 15 is 0 Å². The monoisotopic (exact) mass is 290 g/mol. The maximum Gasteiger partial charge on any atom is 0.344 e. The van der Waals surface area contributed by atoms with Crippen molar-refractivity contribution in [2.75, 3.05) is 5.06 Å². The Bertz CT molecular complexity index is 638. The average molecular weight is 291 g/mol. The van der Waals surface area contributed by atoms with Crippen LogP contribution in [0.3, 0.4) is 0 Å². The first-order valence-electron chi connectivity index (χ1n) is 5.68. The summed E-state index contributed by atoms with van der Waals surface area (Å²) in [7, 11) is 0. The van der Waals surface area contributed by atoms with E-state index in [0.717, 1.165) is 11.1 Å². The number of halogens is 1. The van der Waals surface area contributed by atoms with Gasteiger partial charge in [0.1, 0.15) is 0 Å². The van der Waals surface area contributed by atoms with Gasteiger partial charge in [0.05, 0.1) is 5.69 Å². The molecule has 0 heterocycles. The summed E-state index contributed by atoms with van der Waals surface area (Å²) in [5.41, 5.74) is 7.60. The lowest BCUT2D eigenvalue weighted by Gasteiger charge is -2.11. The van der Waals surface area contributed by atoms with Gasteiger partial charge in [-0.3, -0.25) is 14.8 Å². The number of anilines is 1. The van der Waals surface area contributed by atoms with Gasteiger partial charge in [0.15, 0.2) is 0 Å². The van der Waals surface area contributed by atoms with E-state index in [0.29, 0.717) is 10.6 Å². The summed E-state index contributed by atoms with van der Waals surface area (Å²) in [6, 6.07) is 13.3. The standard InChI is InChI=1S/C14H11ClN2O3/c15-14(19)17(20)12-7-5-10(6-8-12)9-1-3-11(4-2-9)13(16)18/h1-8,20H,(H2,16,18). The van der Waals surface area contributed by atoms with Crippen LogP contribution in [0.1, 0.15) is 10.4 Å². The Hall–Kier alpha value is -2.37. The molecule has 20 heavy (non-hydrogen) atoms. The third kappa shape index (κ3) is 2.96. The van der Waals surface area contributed by atoms with Crippen molar-refractivity contribution >= 4 is 28.6 Å². The van der Waals surface area contributed by atoms with Crippen LogP contribution in [0.4, 0.5) is 10.5 Å². The highest BCUT2D eigenvalue weighted by molar-refractivity contribution is 6.65. The maximum atomic E-state index is 11.0. The SMILES string of the molecule is NC(=O)c1ccc(-c2ccc(N(O)C(=O)Cl)cc2)cc1. The summed E-state index contributed by atoms with van der Waals surface area (Å²) in [6.07, 6.45) is 0. The second-order valence-electron chi connectivity index (χ2n) is 4.05. The van der Waals surface area contributed by atoms with E-state index < -0.39 is 11.3 Å². The molecule has 2 rings (SSSR count). The highest BCUT2D eigenvalue weighted by Crippen LogP contribution is 2.23. The lowest BCUT2D eigenvalue weighted by molar-refractivity contribution is 0.100. The van der Waals surface area contributed by atoms with E-state index in [-0.39, 0.29) is 5.69 Å². The topological polar surface area (TPSA) is 83.6 Å². The molecule has 0 atom stereocenters. The molecule has 0 saturated heterocycles. The normalized spacial score (nSPS) is 10.1. The number of primary amides is 1. The Kier molecular flexibility index (Phi) is 4.02. The molecule has 0 aliphatic carbocycles. The number of hydrogen-bond donors (Lipinski definition) is 2. The van der Waals surface area contributed by atoms with Crippen molar-refractivity contribution in [1.82, 2.24) is 0 Å². The van der Waals surface area contributed by atoms with Crippen LogP contribution in [0.2, 0.25) is 0 Å². The van der Waals surface area contributed by atoms with Gasteiger partial charge in [-0.2, -0.15) is 5.06 Å². The molecule has 0 unspecified atom stereocenters. The molecule has 0 saturated carbocycles. The lowest BCUT2D eigenvalue weighted by Crippen LogP contribution is -2.20. The molecule has 2 aromatic rings. The number of hydroxylamine groups is 1. The first-order valence-corrected chi connectivity index (χ1v) is 6.05. The highest BCUT2D eigenvalue weighted by Gasteiger charge is 2.10. The molecule has 102 valence electrons. The average Bonchev–Trinajstić information content (AvgIpc) is 2.46. The van der Waals surface area contributed by atoms with Gasteiger partial charge in [0.25, 0.3) is 0 Å². The lowest BCUT2D eigenvalue weighted by atomic mass is 10.0. The molecule has 3 N–H and O–H groups in total. The first-order chi connectivity index (χ1) is 9.49. The number of carbonyl (C=O) groups excluding carboxylic acids is 2. The van der Waals surface area contributed by atoms with Crippen molar-refractivity contribution in [3.05, 3.63) is 54.1 Å². The summed E-state index contributed by atoms with van der Waals surface area (Å²) >= 11 is 5.16. The fourth-order valence-corrected chi connectivity index (χ4v) is 1.82. The van der Waals surface area contributed by atoms with Crippen LogP contribution in [0.25, 0.3) is 11.1 Å². The summed E-state index contributed by atoms with van der Waals surface area (Å²) < 4.78 is 0. The quantitative estimate of drug-likeness (QED) is 0.394. The molecule has 0 fully saturated rings. The van der Waals surface area contributed by atoms with Crippen molar-refractivity contribution < 1.29 is 14.8 Å². The summed E-state index contributed by atoms with van der Waals surface area (Å²) in [6.45, 7) is 0. The van der Waals surface area contributed by atoms with Crippen LogP contribution in [0, 0.1) is 0 Å². The van der Waals surface area contributed by atoms with E-state index in [9.17, 15) is 14.8 Å². The zero-order chi connectivity index (χ0) is 14.7. The van der Waals surface area contributed by atoms with Gasteiger partial charge in [-0.15, -0.1) is 0 Å². The molecule has 0 aromatic heterocycles. The Balaban J connectivity index is 2.25. The summed E-state index contributed by atoms with van der Waals surface area (Å²) in [4.78, 5) is 21.8. The number of carbonyl (C=O) groups is 2. The highest BCUT2D eigenvalue weighted by atomic mass is 35.5. The van der Waals surface area contributed by atoms with Gasteiger partial charge in [-0.05, 0) is 47.0 Å². The molecule has 6 heteroatoms. The van der Waals surface area contributed by atoms with Gasteiger partial charge in [0, 0.05) is 5.56 Å². The van der Waals surface area contributed by atoms with E-state index in [1.54, 1.807) is 48.5 Å². The Morgan fingerprint density at radius 2 is 1.40 bits per heavy atom. The zero-order valence-corrected chi connectivity index (χ0v) is 11.0. The molecule has 2 amide bonds. The van der Waals surface area contributed by atoms with E-state index in [1.807, 2.05) is 0 Å². The minimum absolute atomic E-state index is 0.266. The fraction of sp³-hybridized carbons (Fsp3) is 0. The largest absolute Gasteiger partial charge is 0.366 e. The van der Waals surface area contributed by atoms with E-state index in [2.05, 4.69) is 0 Å². The van der Waals surface area contributed by atoms with Gasteiger partial charge in [-0.1, -0.05) is 24.3 Å². The van der Waals surface area contributed by atoms with Crippen LogP contribution >= 0.6 is 11.6 Å². The third-order valence-corrected chi connectivity index (χ3v) is 2.94. The predicted molar refractivity (Wildman–Crippen MR) is 75.9 cm³/mol. The minimum Gasteiger partial charge on any atom is -0.366 e. The van der Waals surface area contributed by atoms with Gasteiger partial charge < -0.3 is 5.73 Å². The third-order valence-electron chi connectivity index (χ3n) is 2.78. The first kappa shape index (κ1) is 14.0. The second kappa shape index (κ2) is 5.73. The van der Waals surface area contributed by atoms with Crippen molar-refractivity contribution in [2.24, 2.45) is 5.73 Å². The molecule has 2 aromatic carbocycles. The number of benzene rings is 2. The Morgan fingerprint density at radius 1 is 0.950 bits per heavy atom. The van der Waals surface area contributed by atoms with Gasteiger partial charge in [0.2, 0.25) is 5.91 Å². The number of rotatable bonds is 3. The van der Waals surface area contributed by atoms with Gasteiger partial charge in [-0.25, -0.2) is 0 Å². The van der Waals surface area contributed by atoms with E-state index in [1.165, 1.54) is 0 Å². The smallest absolute Gasteiger partial charge is 0.344 e. The molecule has 5 nitrogen and oxygen atoms in total. The van der Waals surface area contributed by atoms with E-state index in [4.69, 9.17) is 17.3 Å². The molecule has 0 bridgehead atoms. The van der Waals surface area contributed by atoms with Crippen molar-refractivity contribution in [1.29, 1.82) is 0 Å². The van der Waals surface area contributed by atoms with Crippen LogP contribution in [-0.4, -0.2) is 16.5 Å². The zero-order valence-electron chi connectivity index (χ0n) is 10.3. The predicted octanol–water partition coefficient (Wildman–Crippen LogP) is 3.01. The second-order valence-corrected chi connectivity index (χ2v) is 4.38. The molecule has 0 spiro atoms. The number of nitrogens with zero attached hydrogens (tertiary/aromatic N) is 1. The molecular formula is C14H11ClN2O3. The summed E-state index contributed by atoms with van der Waals surface area (Å²) in [5, 5.41) is 8.72. The van der Waals surface area contributed by atoms with Crippen LogP contribution in [-0.2, 0) is 0 Å². The number of hydrogen-bond acceptors (Lipinski definition) is 3. The Labute approximate surface area is 120 Å². The summed E-state index contributed by atoms with van der Waals surface area (Å²) in [5.74, 6) is -0.483. The van der Waals surface area contributed by atoms with Crippen LogP contribution in [0.5, 0.6) is 0 Å². The minimum atomic E-state index is -0.983. The molecular weight excluding hydrogens is 280 g/mol. The van der Waals surface area contributed by atoms with Crippen molar-refractivity contribution in [3.8, 4) is 11.1 Å². The van der Waals surface area contributed by atoms with Crippen LogP contribution < -0.4 is 10.8 Å². The fourth-order valence-electron chi connectivity index (χ4n) is 1.72. The van der Waals surface area contributed by atoms with Crippen molar-refractivity contribution in [2.45, 2.75) is 0 Å². The molecule has 0 aliphatic heterocycles. The molecule has 0 aliphatic rings. The maximum absolute atomic E-state index is 11.0. The molecule has 0 radical (unpaired) electrons. The Morgan fingerprint density at radius 3 is 1.80 bits per heavy atom. The number of nitrogens with two attached hydrogens (primary N) is 1. The number of amides is 2. The van der Waals surface area contributed by atoms with Crippen molar-refractivity contribution in [3.63, 3.8) is 0 Å². The van der Waals surface area contributed by atoms with Crippen LogP contribution in [0.15, 0.2) is 48.5 Å². The van der Waals surface area contributed by atoms with Gasteiger partial charge >= 0.3 is 5.37 Å².